The van der Waals surface area contributed by atoms with Crippen LogP contribution in [0, 0.1) is 11.3 Å². The maximum absolute atomic E-state index is 13.1. The lowest BCUT2D eigenvalue weighted by Crippen LogP contribution is -2.22. The minimum absolute atomic E-state index is 0.264. The third kappa shape index (κ3) is 3.68. The van der Waals surface area contributed by atoms with Crippen LogP contribution in [0.1, 0.15) is 33.2 Å². The summed E-state index contributed by atoms with van der Waals surface area (Å²) in [6.07, 6.45) is 3.37. The highest BCUT2D eigenvalue weighted by Crippen LogP contribution is 2.26. The van der Waals surface area contributed by atoms with Gasteiger partial charge in [-0.1, -0.05) is 30.3 Å². The number of hydrogen-bond donors (Lipinski definition) is 1. The molecular weight excluding hydrogens is 362 g/mol. The molecule has 0 amide bonds. The Morgan fingerprint density at radius 2 is 1.79 bits per heavy atom. The zero-order chi connectivity index (χ0) is 20.2. The summed E-state index contributed by atoms with van der Waals surface area (Å²) in [4.78, 5) is 17.3. The highest BCUT2D eigenvalue weighted by atomic mass is 16.2. The van der Waals surface area contributed by atoms with Crippen molar-refractivity contribution in [2.24, 2.45) is 5.73 Å². The van der Waals surface area contributed by atoms with Gasteiger partial charge in [0.25, 0.3) is 5.91 Å². The van der Waals surface area contributed by atoms with Crippen LogP contribution in [0.15, 0.2) is 85.2 Å². The van der Waals surface area contributed by atoms with Gasteiger partial charge in [0, 0.05) is 23.5 Å². The highest BCUT2D eigenvalue weighted by Gasteiger charge is 2.22. The number of benzene rings is 2. The van der Waals surface area contributed by atoms with Crippen LogP contribution in [-0.4, -0.2) is 20.7 Å². The van der Waals surface area contributed by atoms with Gasteiger partial charge in [-0.25, -0.2) is 0 Å². The fourth-order valence-corrected chi connectivity index (χ4v) is 3.07. The van der Waals surface area contributed by atoms with Crippen molar-refractivity contribution in [3.8, 4) is 17.3 Å². The van der Waals surface area contributed by atoms with Crippen molar-refractivity contribution in [1.82, 2.24) is 14.8 Å². The molecule has 6 heteroatoms. The predicted octanol–water partition coefficient (Wildman–Crippen LogP) is 3.55. The van der Waals surface area contributed by atoms with Crippen LogP contribution in [0.3, 0.4) is 0 Å². The summed E-state index contributed by atoms with van der Waals surface area (Å²) >= 11 is 0. The van der Waals surface area contributed by atoms with Crippen LogP contribution >= 0.6 is 0 Å². The third-order valence-electron chi connectivity index (χ3n) is 4.62. The third-order valence-corrected chi connectivity index (χ3v) is 4.62. The standard InChI is InChI=1S/C23H17N5O/c24-14-16-8-10-17(11-9-16)22(25)21-13-20(19-7-4-12-26-15-19)27-28(21)23(29)18-5-2-1-3-6-18/h1-13,15,22H,25H2. The van der Waals surface area contributed by atoms with Gasteiger partial charge < -0.3 is 5.73 Å². The number of aromatic nitrogens is 3. The van der Waals surface area contributed by atoms with Crippen LogP contribution in [0.4, 0.5) is 0 Å². The van der Waals surface area contributed by atoms with Gasteiger partial charge in [0.05, 0.1) is 29.1 Å². The molecule has 0 aliphatic carbocycles. The molecule has 0 aliphatic heterocycles. The number of nitrogens with two attached hydrogens (primary N) is 1. The Kier molecular flexibility index (Phi) is 4.97. The molecule has 0 fully saturated rings. The quantitative estimate of drug-likeness (QED) is 0.585. The Morgan fingerprint density at radius 3 is 2.45 bits per heavy atom. The fraction of sp³-hybridized carbons (Fsp3) is 0.0435. The first kappa shape index (κ1) is 18.3. The van der Waals surface area contributed by atoms with E-state index in [1.54, 1.807) is 67.0 Å². The van der Waals surface area contributed by atoms with Crippen molar-refractivity contribution in [3.63, 3.8) is 0 Å². The molecule has 1 atom stereocenters. The van der Waals surface area contributed by atoms with Crippen molar-refractivity contribution in [1.29, 1.82) is 5.26 Å². The molecule has 29 heavy (non-hydrogen) atoms. The molecule has 4 rings (SSSR count). The minimum atomic E-state index is -0.590. The number of carbonyl (C=O) groups excluding carboxylic acids is 1. The summed E-state index contributed by atoms with van der Waals surface area (Å²) < 4.78 is 1.35. The molecule has 0 saturated heterocycles. The topological polar surface area (TPSA) is 97.6 Å². The fourth-order valence-electron chi connectivity index (χ4n) is 3.07. The molecule has 0 spiro atoms. The zero-order valence-corrected chi connectivity index (χ0v) is 15.4. The van der Waals surface area contributed by atoms with Gasteiger partial charge in [-0.15, -0.1) is 0 Å². The van der Waals surface area contributed by atoms with Gasteiger partial charge in [-0.2, -0.15) is 15.0 Å². The molecule has 0 radical (unpaired) electrons. The first-order valence-corrected chi connectivity index (χ1v) is 9.03. The summed E-state index contributed by atoms with van der Waals surface area (Å²) in [5, 5.41) is 13.5. The Hall–Kier alpha value is -4.08. The number of nitriles is 1. The van der Waals surface area contributed by atoms with E-state index in [0.717, 1.165) is 11.1 Å². The number of pyridine rings is 1. The molecule has 0 saturated carbocycles. The molecular formula is C23H17N5O. The van der Waals surface area contributed by atoms with Crippen molar-refractivity contribution < 1.29 is 4.79 Å². The molecule has 6 nitrogen and oxygen atoms in total. The summed E-state index contributed by atoms with van der Waals surface area (Å²) in [5.74, 6) is -0.264. The van der Waals surface area contributed by atoms with Crippen LogP contribution in [0.25, 0.3) is 11.3 Å². The molecule has 140 valence electrons. The van der Waals surface area contributed by atoms with Gasteiger partial charge in [-0.05, 0) is 48.0 Å². The summed E-state index contributed by atoms with van der Waals surface area (Å²) in [6, 6.07) is 22.9. The zero-order valence-electron chi connectivity index (χ0n) is 15.4. The van der Waals surface area contributed by atoms with Gasteiger partial charge in [0.15, 0.2) is 0 Å². The van der Waals surface area contributed by atoms with E-state index in [1.165, 1.54) is 4.68 Å². The lowest BCUT2D eigenvalue weighted by Gasteiger charge is -2.14. The highest BCUT2D eigenvalue weighted by molar-refractivity contribution is 5.96. The number of carbonyl (C=O) groups is 1. The Labute approximate surface area is 167 Å². The van der Waals surface area contributed by atoms with Gasteiger partial charge >= 0.3 is 0 Å². The normalized spacial score (nSPS) is 11.6. The second-order valence-corrected chi connectivity index (χ2v) is 6.49. The van der Waals surface area contributed by atoms with Crippen LogP contribution in [0.5, 0.6) is 0 Å². The van der Waals surface area contributed by atoms with E-state index in [2.05, 4.69) is 16.2 Å². The second-order valence-electron chi connectivity index (χ2n) is 6.49. The molecule has 0 aliphatic rings. The van der Waals surface area contributed by atoms with Crippen LogP contribution < -0.4 is 5.73 Å². The molecule has 2 aromatic carbocycles. The first-order valence-electron chi connectivity index (χ1n) is 9.03. The van der Waals surface area contributed by atoms with E-state index in [-0.39, 0.29) is 5.91 Å². The monoisotopic (exact) mass is 379 g/mol. The van der Waals surface area contributed by atoms with Crippen LogP contribution in [-0.2, 0) is 0 Å². The molecule has 2 aromatic heterocycles. The Balaban J connectivity index is 1.81. The second kappa shape index (κ2) is 7.89. The van der Waals surface area contributed by atoms with Crippen molar-refractivity contribution >= 4 is 5.91 Å². The first-order chi connectivity index (χ1) is 14.2. The minimum Gasteiger partial charge on any atom is -0.319 e. The molecule has 2 N–H and O–H groups in total. The van der Waals surface area contributed by atoms with Crippen molar-refractivity contribution in [2.45, 2.75) is 6.04 Å². The SMILES string of the molecule is N#Cc1ccc(C(N)c2cc(-c3cccnc3)nn2C(=O)c2ccccc2)cc1. The van der Waals surface area contributed by atoms with E-state index in [0.29, 0.717) is 22.5 Å². The van der Waals surface area contributed by atoms with E-state index in [9.17, 15) is 4.79 Å². The maximum Gasteiger partial charge on any atom is 0.278 e. The summed E-state index contributed by atoms with van der Waals surface area (Å²) in [5.41, 5.74) is 10.3. The van der Waals surface area contributed by atoms with Gasteiger partial charge in [0.1, 0.15) is 0 Å². The lowest BCUT2D eigenvalue weighted by atomic mass is 10.0. The maximum atomic E-state index is 13.1. The van der Waals surface area contributed by atoms with E-state index < -0.39 is 6.04 Å². The van der Waals surface area contributed by atoms with Crippen molar-refractivity contribution in [3.05, 3.63) is 108 Å². The predicted molar refractivity (Wildman–Crippen MR) is 109 cm³/mol. The van der Waals surface area contributed by atoms with Crippen LogP contribution in [0.2, 0.25) is 0 Å². The van der Waals surface area contributed by atoms with Gasteiger partial charge in [-0.3, -0.25) is 9.78 Å². The van der Waals surface area contributed by atoms with E-state index in [1.807, 2.05) is 18.2 Å². The smallest absolute Gasteiger partial charge is 0.278 e. The van der Waals surface area contributed by atoms with E-state index in [4.69, 9.17) is 11.0 Å². The molecule has 4 aromatic rings. The molecule has 0 bridgehead atoms. The van der Waals surface area contributed by atoms with Crippen molar-refractivity contribution in [2.75, 3.05) is 0 Å². The average molecular weight is 379 g/mol. The van der Waals surface area contributed by atoms with E-state index >= 15 is 0 Å². The Bertz CT molecular complexity index is 1180. The lowest BCUT2D eigenvalue weighted by molar-refractivity contribution is 0.0941. The number of hydrogen-bond acceptors (Lipinski definition) is 5. The van der Waals surface area contributed by atoms with Gasteiger partial charge in [0.2, 0.25) is 0 Å². The largest absolute Gasteiger partial charge is 0.319 e. The summed E-state index contributed by atoms with van der Waals surface area (Å²) in [7, 11) is 0. The average Bonchev–Trinajstić information content (AvgIpc) is 3.25. The summed E-state index contributed by atoms with van der Waals surface area (Å²) in [6.45, 7) is 0. The Morgan fingerprint density at radius 1 is 1.03 bits per heavy atom. The molecule has 2 heterocycles. The number of rotatable bonds is 4. The molecule has 1 unspecified atom stereocenters. The number of nitrogens with zero attached hydrogens (tertiary/aromatic N) is 4.